The van der Waals surface area contributed by atoms with E-state index in [0.717, 1.165) is 44.3 Å². The molecule has 34 heavy (non-hydrogen) atoms. The van der Waals surface area contributed by atoms with Gasteiger partial charge in [0.05, 0.1) is 17.8 Å². The molecule has 3 nitrogen and oxygen atoms in total. The smallest absolute Gasteiger partial charge is 0.416 e. The Morgan fingerprint density at radius 3 is 2.50 bits per heavy atom. The molecule has 0 unspecified atom stereocenters. The van der Waals surface area contributed by atoms with Crippen LogP contribution >= 0.6 is 15.9 Å². The number of benzene rings is 3. The molecule has 0 aliphatic rings. The molecule has 0 saturated heterocycles. The van der Waals surface area contributed by atoms with Crippen molar-refractivity contribution in [2.45, 2.75) is 12.7 Å². The van der Waals surface area contributed by atoms with Crippen molar-refractivity contribution in [3.63, 3.8) is 0 Å². The zero-order valence-electron chi connectivity index (χ0n) is 17.8. The number of hydrogen-bond donors (Lipinski definition) is 0. The molecular weight excluding hydrogens is 505 g/mol. The maximum Gasteiger partial charge on any atom is 0.416 e. The molecule has 0 N–H and O–H groups in total. The topological polar surface area (TPSA) is 31.0 Å². The first-order valence-electron chi connectivity index (χ1n) is 10.5. The van der Waals surface area contributed by atoms with E-state index in [0.29, 0.717) is 18.0 Å². The van der Waals surface area contributed by atoms with Crippen molar-refractivity contribution >= 4 is 39.0 Å². The van der Waals surface area contributed by atoms with E-state index in [2.05, 4.69) is 55.8 Å². The summed E-state index contributed by atoms with van der Waals surface area (Å²) in [5.41, 5.74) is 4.06. The molecule has 0 atom stereocenters. The van der Waals surface area contributed by atoms with E-state index in [1.807, 2.05) is 24.4 Å². The molecule has 7 heteroatoms. The zero-order chi connectivity index (χ0) is 23.7. The Hall–Kier alpha value is -3.58. The number of hydrogen-bond acceptors (Lipinski definition) is 2. The van der Waals surface area contributed by atoms with E-state index in [1.54, 1.807) is 18.4 Å². The summed E-state index contributed by atoms with van der Waals surface area (Å²) in [6, 6.07) is 21.5. The van der Waals surface area contributed by atoms with Crippen molar-refractivity contribution in [2.75, 3.05) is 0 Å². The van der Waals surface area contributed by atoms with Crippen LogP contribution in [0.4, 0.5) is 13.2 Å². The third-order valence-electron chi connectivity index (χ3n) is 5.51. The van der Waals surface area contributed by atoms with Crippen molar-refractivity contribution < 1.29 is 17.6 Å². The summed E-state index contributed by atoms with van der Waals surface area (Å²) in [6.45, 7) is 0.537. The SMILES string of the molecule is FC(F)(F)c1ccc(/C=C/c2nc(Cn3ccc4cc(-c5ccccc5Br)ccc43)co2)cc1. The van der Waals surface area contributed by atoms with Crippen LogP contribution in [0, 0.1) is 0 Å². The average molecular weight is 523 g/mol. The molecule has 5 rings (SSSR count). The van der Waals surface area contributed by atoms with Crippen LogP contribution in [0.15, 0.2) is 94.1 Å². The van der Waals surface area contributed by atoms with Crippen molar-refractivity contribution in [3.05, 3.63) is 112 Å². The number of oxazole rings is 1. The number of fused-ring (bicyclic) bond motifs is 1. The summed E-state index contributed by atoms with van der Waals surface area (Å²) in [5, 5.41) is 1.12. The minimum atomic E-state index is -4.34. The van der Waals surface area contributed by atoms with E-state index in [1.165, 1.54) is 12.1 Å². The second-order valence-electron chi connectivity index (χ2n) is 7.83. The van der Waals surface area contributed by atoms with E-state index in [9.17, 15) is 13.2 Å². The first-order valence-corrected chi connectivity index (χ1v) is 11.3. The molecule has 0 aliphatic heterocycles. The van der Waals surface area contributed by atoms with Crippen molar-refractivity contribution in [1.82, 2.24) is 9.55 Å². The molecule has 2 heterocycles. The molecule has 0 saturated carbocycles. The summed E-state index contributed by atoms with van der Waals surface area (Å²) in [7, 11) is 0. The fourth-order valence-corrected chi connectivity index (χ4v) is 4.31. The second kappa shape index (κ2) is 8.99. The monoisotopic (exact) mass is 522 g/mol. The summed E-state index contributed by atoms with van der Waals surface area (Å²) in [4.78, 5) is 4.48. The Morgan fingerprint density at radius 2 is 1.74 bits per heavy atom. The van der Waals surface area contributed by atoms with Gasteiger partial charge >= 0.3 is 6.18 Å². The Morgan fingerprint density at radius 1 is 0.941 bits per heavy atom. The van der Waals surface area contributed by atoms with Crippen molar-refractivity contribution in [1.29, 1.82) is 0 Å². The summed E-state index contributed by atoms with van der Waals surface area (Å²) in [6.07, 6.45) is 2.57. The number of alkyl halides is 3. The largest absolute Gasteiger partial charge is 0.445 e. The number of halogens is 4. The maximum atomic E-state index is 12.7. The fourth-order valence-electron chi connectivity index (χ4n) is 3.80. The van der Waals surface area contributed by atoms with Gasteiger partial charge in [0.2, 0.25) is 5.89 Å². The van der Waals surface area contributed by atoms with Gasteiger partial charge < -0.3 is 8.98 Å². The van der Waals surface area contributed by atoms with Gasteiger partial charge in [0.25, 0.3) is 0 Å². The normalized spacial score (nSPS) is 12.1. The lowest BCUT2D eigenvalue weighted by Gasteiger charge is -2.06. The van der Waals surface area contributed by atoms with E-state index in [4.69, 9.17) is 4.42 Å². The third kappa shape index (κ3) is 4.70. The molecule has 5 aromatic rings. The van der Waals surface area contributed by atoms with E-state index in [-0.39, 0.29) is 0 Å². The molecule has 2 aromatic heterocycles. The molecule has 0 fully saturated rings. The first-order chi connectivity index (χ1) is 16.4. The van der Waals surface area contributed by atoms with Gasteiger partial charge in [-0.3, -0.25) is 0 Å². The molecule has 0 amide bonds. The van der Waals surface area contributed by atoms with Crippen molar-refractivity contribution in [3.8, 4) is 11.1 Å². The Bertz CT molecular complexity index is 1480. The molecule has 0 bridgehead atoms. The fraction of sp³-hybridized carbons (Fsp3) is 0.0741. The molecule has 0 aliphatic carbocycles. The predicted octanol–water partition coefficient (Wildman–Crippen LogP) is 8.30. The van der Waals surface area contributed by atoms with E-state index < -0.39 is 11.7 Å². The molecule has 0 spiro atoms. The van der Waals surface area contributed by atoms with Crippen LogP contribution in [0.25, 0.3) is 34.2 Å². The van der Waals surface area contributed by atoms with Gasteiger partial charge in [0.15, 0.2) is 0 Å². The van der Waals surface area contributed by atoms with Crippen LogP contribution in [0.5, 0.6) is 0 Å². The lowest BCUT2D eigenvalue weighted by molar-refractivity contribution is -0.137. The molecule has 0 radical (unpaired) electrons. The van der Waals surface area contributed by atoms with Gasteiger partial charge in [-0.25, -0.2) is 4.98 Å². The Balaban J connectivity index is 1.31. The minimum absolute atomic E-state index is 0.391. The standard InChI is InChI=1S/C27H18BrF3N2O/c28-24-4-2-1-3-23(24)19-8-11-25-20(15-19)13-14-33(25)16-22-17-34-26(32-22)12-7-18-5-9-21(10-6-18)27(29,30)31/h1-15,17H,16H2/b12-7+. The van der Waals surface area contributed by atoms with E-state index >= 15 is 0 Å². The summed E-state index contributed by atoms with van der Waals surface area (Å²) < 4.78 is 46.7. The van der Waals surface area contributed by atoms with Gasteiger partial charge in [-0.2, -0.15) is 13.2 Å². The first kappa shape index (κ1) is 22.2. The number of rotatable bonds is 5. The lowest BCUT2D eigenvalue weighted by Crippen LogP contribution is -2.03. The highest BCUT2D eigenvalue weighted by molar-refractivity contribution is 9.10. The van der Waals surface area contributed by atoms with Crippen LogP contribution in [-0.2, 0) is 12.7 Å². The average Bonchev–Trinajstić information content (AvgIpc) is 3.44. The highest BCUT2D eigenvalue weighted by Crippen LogP contribution is 2.31. The van der Waals surface area contributed by atoms with Crippen LogP contribution in [0.2, 0.25) is 0 Å². The predicted molar refractivity (Wildman–Crippen MR) is 131 cm³/mol. The highest BCUT2D eigenvalue weighted by atomic mass is 79.9. The van der Waals surface area contributed by atoms with Crippen LogP contribution < -0.4 is 0 Å². The Labute approximate surface area is 202 Å². The van der Waals surface area contributed by atoms with Gasteiger partial charge in [-0.1, -0.05) is 52.3 Å². The van der Waals surface area contributed by atoms with Gasteiger partial charge in [0.1, 0.15) is 6.26 Å². The molecular formula is C27H18BrF3N2O. The minimum Gasteiger partial charge on any atom is -0.445 e. The summed E-state index contributed by atoms with van der Waals surface area (Å²) in [5.74, 6) is 0.391. The highest BCUT2D eigenvalue weighted by Gasteiger charge is 2.29. The van der Waals surface area contributed by atoms with Crippen LogP contribution in [-0.4, -0.2) is 9.55 Å². The lowest BCUT2D eigenvalue weighted by atomic mass is 10.0. The Kier molecular flexibility index (Phi) is 5.87. The van der Waals surface area contributed by atoms with Crippen molar-refractivity contribution in [2.24, 2.45) is 0 Å². The van der Waals surface area contributed by atoms with Crippen LogP contribution in [0.3, 0.4) is 0 Å². The van der Waals surface area contributed by atoms with Crippen LogP contribution in [0.1, 0.15) is 22.7 Å². The third-order valence-corrected chi connectivity index (χ3v) is 6.21. The zero-order valence-corrected chi connectivity index (χ0v) is 19.3. The molecule has 3 aromatic carbocycles. The number of nitrogens with zero attached hydrogens (tertiary/aromatic N) is 2. The second-order valence-corrected chi connectivity index (χ2v) is 8.68. The number of aromatic nitrogens is 2. The maximum absolute atomic E-state index is 12.7. The van der Waals surface area contributed by atoms with Gasteiger partial charge in [0, 0.05) is 27.6 Å². The van der Waals surface area contributed by atoms with Gasteiger partial charge in [-0.15, -0.1) is 0 Å². The molecule has 170 valence electrons. The van der Waals surface area contributed by atoms with Gasteiger partial charge in [-0.05, 0) is 59.2 Å². The quantitative estimate of drug-likeness (QED) is 0.232. The summed E-state index contributed by atoms with van der Waals surface area (Å²) >= 11 is 3.61.